The molecule has 20 heavy (non-hydrogen) atoms. The molecule has 0 spiro atoms. The highest BCUT2D eigenvalue weighted by molar-refractivity contribution is 7.99. The Labute approximate surface area is 121 Å². The number of nitrogens with one attached hydrogen (secondary N) is 1. The van der Waals surface area contributed by atoms with Crippen LogP contribution in [0.3, 0.4) is 0 Å². The van der Waals surface area contributed by atoms with E-state index in [2.05, 4.69) is 29.0 Å². The van der Waals surface area contributed by atoms with Gasteiger partial charge in [-0.1, -0.05) is 30.8 Å². The van der Waals surface area contributed by atoms with Crippen LogP contribution >= 0.6 is 11.8 Å². The molecule has 0 bridgehead atoms. The number of anilines is 1. The molecule has 0 aliphatic heterocycles. The largest absolute Gasteiger partial charge is 0.493 e. The molecular formula is C14H17N3O2S. The number of hydrogen-bond donors (Lipinski definition) is 2. The molecule has 3 N–H and O–H groups in total. The minimum atomic E-state index is -0.240. The lowest BCUT2D eigenvalue weighted by atomic mass is 10.2. The molecule has 1 heterocycles. The predicted octanol–water partition coefficient (Wildman–Crippen LogP) is 2.09. The van der Waals surface area contributed by atoms with Gasteiger partial charge in [-0.3, -0.25) is 4.79 Å². The normalized spacial score (nSPS) is 10.4. The first-order chi connectivity index (χ1) is 9.67. The third-order valence-corrected chi connectivity index (χ3v) is 3.50. The number of benzene rings is 1. The molecule has 0 amide bonds. The van der Waals surface area contributed by atoms with Crippen molar-refractivity contribution in [2.75, 3.05) is 18.1 Å². The van der Waals surface area contributed by atoms with Crippen molar-refractivity contribution in [1.29, 1.82) is 0 Å². The Bertz CT molecular complexity index is 611. The molecular weight excluding hydrogens is 274 g/mol. The Morgan fingerprint density at radius 1 is 1.35 bits per heavy atom. The van der Waals surface area contributed by atoms with Gasteiger partial charge in [-0.15, -0.1) is 0 Å². The average Bonchev–Trinajstić information content (AvgIpc) is 2.43. The summed E-state index contributed by atoms with van der Waals surface area (Å²) >= 11 is 1.40. The first-order valence-corrected chi connectivity index (χ1v) is 7.37. The zero-order valence-corrected chi connectivity index (χ0v) is 12.1. The van der Waals surface area contributed by atoms with Crippen LogP contribution in [0.1, 0.15) is 12.5 Å². The van der Waals surface area contributed by atoms with Crippen LogP contribution in [0.4, 0.5) is 5.82 Å². The number of hydrogen-bond acceptors (Lipinski definition) is 5. The molecule has 106 valence electrons. The van der Waals surface area contributed by atoms with Gasteiger partial charge >= 0.3 is 0 Å². The van der Waals surface area contributed by atoms with Crippen LogP contribution in [-0.4, -0.2) is 22.3 Å². The number of nitrogen functional groups attached to an aromatic ring is 1. The second-order valence-electron chi connectivity index (χ2n) is 4.17. The molecule has 0 unspecified atom stereocenters. The number of aromatic amines is 1. The molecule has 2 rings (SSSR count). The van der Waals surface area contributed by atoms with Crippen LogP contribution in [0, 0.1) is 0 Å². The van der Waals surface area contributed by atoms with Gasteiger partial charge in [0.25, 0.3) is 5.56 Å². The van der Waals surface area contributed by atoms with E-state index in [1.807, 2.05) is 12.1 Å². The van der Waals surface area contributed by atoms with Crippen LogP contribution in [0.5, 0.6) is 5.75 Å². The number of aromatic nitrogens is 2. The van der Waals surface area contributed by atoms with Gasteiger partial charge in [0, 0.05) is 11.8 Å². The number of rotatable bonds is 6. The molecule has 0 aliphatic rings. The monoisotopic (exact) mass is 291 g/mol. The fourth-order valence-corrected chi connectivity index (χ4v) is 2.34. The Kier molecular flexibility index (Phi) is 5.06. The van der Waals surface area contributed by atoms with Gasteiger partial charge in [0.1, 0.15) is 11.6 Å². The quantitative estimate of drug-likeness (QED) is 0.484. The summed E-state index contributed by atoms with van der Waals surface area (Å²) in [5, 5.41) is 0.514. The van der Waals surface area contributed by atoms with E-state index in [0.717, 1.165) is 12.2 Å². The molecule has 0 saturated heterocycles. The molecule has 0 atom stereocenters. The molecule has 6 heteroatoms. The summed E-state index contributed by atoms with van der Waals surface area (Å²) in [5.41, 5.74) is 6.55. The summed E-state index contributed by atoms with van der Waals surface area (Å²) in [6, 6.07) is 9.29. The second-order valence-corrected chi connectivity index (χ2v) is 5.25. The number of nitrogens with two attached hydrogens (primary N) is 1. The Balaban J connectivity index is 1.79. The molecule has 2 aromatic rings. The first kappa shape index (κ1) is 14.5. The van der Waals surface area contributed by atoms with Crippen molar-refractivity contribution in [1.82, 2.24) is 9.97 Å². The van der Waals surface area contributed by atoms with Gasteiger partial charge in [-0.05, 0) is 24.1 Å². The Hall–Kier alpha value is -1.95. The molecule has 1 aromatic carbocycles. The van der Waals surface area contributed by atoms with Crippen molar-refractivity contribution in [3.63, 3.8) is 0 Å². The van der Waals surface area contributed by atoms with Gasteiger partial charge in [0.05, 0.1) is 6.61 Å². The van der Waals surface area contributed by atoms with Crippen molar-refractivity contribution in [3.8, 4) is 5.75 Å². The van der Waals surface area contributed by atoms with E-state index in [4.69, 9.17) is 10.5 Å². The van der Waals surface area contributed by atoms with E-state index in [1.54, 1.807) is 0 Å². The highest BCUT2D eigenvalue weighted by Gasteiger charge is 2.00. The minimum absolute atomic E-state index is 0.229. The van der Waals surface area contributed by atoms with Crippen molar-refractivity contribution in [2.45, 2.75) is 18.5 Å². The second kappa shape index (κ2) is 7.00. The van der Waals surface area contributed by atoms with Crippen LogP contribution in [-0.2, 0) is 6.42 Å². The summed E-state index contributed by atoms with van der Waals surface area (Å²) in [4.78, 5) is 17.9. The summed E-state index contributed by atoms with van der Waals surface area (Å²) in [7, 11) is 0. The predicted molar refractivity (Wildman–Crippen MR) is 81.3 cm³/mol. The summed E-state index contributed by atoms with van der Waals surface area (Å²) < 4.78 is 5.62. The van der Waals surface area contributed by atoms with Crippen molar-refractivity contribution < 1.29 is 4.74 Å². The maximum absolute atomic E-state index is 11.2. The van der Waals surface area contributed by atoms with E-state index in [9.17, 15) is 4.79 Å². The van der Waals surface area contributed by atoms with Gasteiger partial charge in [0.2, 0.25) is 0 Å². The van der Waals surface area contributed by atoms with Gasteiger partial charge in [-0.25, -0.2) is 4.98 Å². The molecule has 0 saturated carbocycles. The maximum atomic E-state index is 11.2. The van der Waals surface area contributed by atoms with Crippen LogP contribution < -0.4 is 16.0 Å². The number of aryl methyl sites for hydroxylation is 1. The molecule has 0 aliphatic carbocycles. The van der Waals surface area contributed by atoms with E-state index >= 15 is 0 Å². The van der Waals surface area contributed by atoms with Crippen molar-refractivity contribution in [2.24, 2.45) is 0 Å². The standard InChI is InChI=1S/C14H17N3O2S/c1-2-10-3-5-11(6-4-10)19-7-8-20-14-16-12(15)9-13(18)17-14/h3-6,9H,2,7-8H2,1H3,(H3,15,16,17,18). The molecule has 1 aromatic heterocycles. The highest BCUT2D eigenvalue weighted by Crippen LogP contribution is 2.15. The van der Waals surface area contributed by atoms with Gasteiger partial charge in [-0.2, -0.15) is 0 Å². The lowest BCUT2D eigenvalue weighted by molar-refractivity contribution is 0.344. The third kappa shape index (κ3) is 4.31. The fraction of sp³-hybridized carbons (Fsp3) is 0.286. The zero-order chi connectivity index (χ0) is 14.4. The zero-order valence-electron chi connectivity index (χ0n) is 11.3. The van der Waals surface area contributed by atoms with Crippen LogP contribution in [0.15, 0.2) is 40.3 Å². The molecule has 0 fully saturated rings. The highest BCUT2D eigenvalue weighted by atomic mass is 32.2. The fourth-order valence-electron chi connectivity index (χ4n) is 1.64. The lowest BCUT2D eigenvalue weighted by Gasteiger charge is -2.06. The third-order valence-electron chi connectivity index (χ3n) is 2.66. The van der Waals surface area contributed by atoms with Crippen LogP contribution in [0.25, 0.3) is 0 Å². The first-order valence-electron chi connectivity index (χ1n) is 6.38. The smallest absolute Gasteiger partial charge is 0.253 e. The van der Waals surface area contributed by atoms with E-state index in [-0.39, 0.29) is 11.4 Å². The maximum Gasteiger partial charge on any atom is 0.253 e. The van der Waals surface area contributed by atoms with Gasteiger partial charge < -0.3 is 15.5 Å². The van der Waals surface area contributed by atoms with E-state index in [0.29, 0.717) is 17.5 Å². The summed E-state index contributed by atoms with van der Waals surface area (Å²) in [5.74, 6) is 1.76. The van der Waals surface area contributed by atoms with Gasteiger partial charge in [0.15, 0.2) is 5.16 Å². The SMILES string of the molecule is CCc1ccc(OCCSc2nc(N)cc(=O)[nH]2)cc1. The number of H-pyrrole nitrogens is 1. The Morgan fingerprint density at radius 2 is 2.10 bits per heavy atom. The molecule has 5 nitrogen and oxygen atoms in total. The average molecular weight is 291 g/mol. The van der Waals surface area contributed by atoms with Crippen LogP contribution in [0.2, 0.25) is 0 Å². The van der Waals surface area contributed by atoms with E-state index in [1.165, 1.54) is 23.4 Å². The number of ether oxygens (including phenoxy) is 1. The topological polar surface area (TPSA) is 81.0 Å². The number of nitrogens with zero attached hydrogens (tertiary/aromatic N) is 1. The van der Waals surface area contributed by atoms with Crippen molar-refractivity contribution >= 4 is 17.6 Å². The summed E-state index contributed by atoms with van der Waals surface area (Å²) in [6.45, 7) is 2.65. The lowest BCUT2D eigenvalue weighted by Crippen LogP contribution is -2.10. The molecule has 0 radical (unpaired) electrons. The minimum Gasteiger partial charge on any atom is -0.493 e. The Morgan fingerprint density at radius 3 is 2.75 bits per heavy atom. The van der Waals surface area contributed by atoms with Crippen molar-refractivity contribution in [3.05, 3.63) is 46.2 Å². The summed E-state index contributed by atoms with van der Waals surface area (Å²) in [6.07, 6.45) is 1.02. The number of thioether (sulfide) groups is 1. The van der Waals surface area contributed by atoms with E-state index < -0.39 is 0 Å².